The number of aromatic nitrogens is 2. The van der Waals surface area contributed by atoms with Crippen molar-refractivity contribution in [3.8, 4) is 5.75 Å². The van der Waals surface area contributed by atoms with Crippen molar-refractivity contribution >= 4 is 22.7 Å². The number of hydrogen-bond donors (Lipinski definition) is 1. The molecule has 0 unspecified atom stereocenters. The molecule has 0 radical (unpaired) electrons. The van der Waals surface area contributed by atoms with Crippen LogP contribution in [0.25, 0.3) is 11.0 Å². The first-order valence-electron chi connectivity index (χ1n) is 8.89. The smallest absolute Gasteiger partial charge is 0.253 e. The fraction of sp³-hybridized carbons (Fsp3) is 0.286. The second-order valence-corrected chi connectivity index (χ2v) is 6.94. The summed E-state index contributed by atoms with van der Waals surface area (Å²) in [7, 11) is 5.04. The van der Waals surface area contributed by atoms with Gasteiger partial charge in [-0.05, 0) is 31.5 Å². The number of aromatic hydroxyl groups is 1. The van der Waals surface area contributed by atoms with Gasteiger partial charge in [-0.2, -0.15) is 0 Å². The van der Waals surface area contributed by atoms with Crippen LogP contribution in [0.3, 0.4) is 0 Å². The van der Waals surface area contributed by atoms with Crippen molar-refractivity contribution in [3.63, 3.8) is 0 Å². The minimum absolute atomic E-state index is 0.00256. The fourth-order valence-electron chi connectivity index (χ4n) is 3.21. The lowest BCUT2D eigenvalue weighted by atomic mass is 9.96. The van der Waals surface area contributed by atoms with Crippen molar-refractivity contribution in [2.75, 3.05) is 14.1 Å². The highest BCUT2D eigenvalue weighted by molar-refractivity contribution is 6.02. The van der Waals surface area contributed by atoms with E-state index in [1.165, 1.54) is 23.1 Å². The summed E-state index contributed by atoms with van der Waals surface area (Å²) >= 11 is 0. The molecule has 1 amide bonds. The molecule has 1 N–H and O–H groups in total. The number of fused-ring (bicyclic) bond motifs is 1. The van der Waals surface area contributed by atoms with E-state index in [1.54, 1.807) is 44.8 Å². The standard InChI is InChI=1S/C21H22FN3O3/c1-12-23-19-17(25(12)4)11-15(21(28)24(2)3)13(20(19)27)9-10-18(26)14-7-5-6-8-16(14)22/h5-8,11,27H,9-10H2,1-4H3. The van der Waals surface area contributed by atoms with Crippen LogP contribution >= 0.6 is 0 Å². The number of benzene rings is 2. The van der Waals surface area contributed by atoms with Crippen molar-refractivity contribution in [2.45, 2.75) is 19.8 Å². The number of carbonyl (C=O) groups is 2. The van der Waals surface area contributed by atoms with Gasteiger partial charge in [0.2, 0.25) is 0 Å². The number of Topliss-reactive ketones (excluding diaryl/α,β-unsaturated/α-hetero) is 1. The van der Waals surface area contributed by atoms with Crippen LogP contribution in [0, 0.1) is 12.7 Å². The van der Waals surface area contributed by atoms with Crippen molar-refractivity contribution in [1.29, 1.82) is 0 Å². The van der Waals surface area contributed by atoms with Gasteiger partial charge in [-0.3, -0.25) is 9.59 Å². The molecule has 0 fully saturated rings. The van der Waals surface area contributed by atoms with E-state index in [2.05, 4.69) is 4.98 Å². The lowest BCUT2D eigenvalue weighted by molar-refractivity contribution is 0.0825. The van der Waals surface area contributed by atoms with Gasteiger partial charge < -0.3 is 14.6 Å². The predicted molar refractivity (Wildman–Crippen MR) is 104 cm³/mol. The number of amides is 1. The Morgan fingerprint density at radius 2 is 1.89 bits per heavy atom. The molecule has 0 aliphatic carbocycles. The van der Waals surface area contributed by atoms with Crippen molar-refractivity contribution in [1.82, 2.24) is 14.5 Å². The molecule has 146 valence electrons. The Morgan fingerprint density at radius 1 is 1.21 bits per heavy atom. The van der Waals surface area contributed by atoms with E-state index in [9.17, 15) is 19.1 Å². The molecule has 0 atom stereocenters. The van der Waals surface area contributed by atoms with E-state index in [1.807, 2.05) is 0 Å². The van der Waals surface area contributed by atoms with Gasteiger partial charge in [0.05, 0.1) is 11.1 Å². The number of hydrogen-bond acceptors (Lipinski definition) is 4. The molecule has 6 nitrogen and oxygen atoms in total. The van der Waals surface area contributed by atoms with Crippen molar-refractivity contribution < 1.29 is 19.1 Å². The molecule has 0 saturated heterocycles. The van der Waals surface area contributed by atoms with E-state index in [-0.39, 0.29) is 30.1 Å². The van der Waals surface area contributed by atoms with Gasteiger partial charge in [-0.15, -0.1) is 0 Å². The lowest BCUT2D eigenvalue weighted by Gasteiger charge is -2.16. The molecule has 1 heterocycles. The summed E-state index contributed by atoms with van der Waals surface area (Å²) in [5.41, 5.74) is 1.65. The quantitative estimate of drug-likeness (QED) is 0.687. The summed E-state index contributed by atoms with van der Waals surface area (Å²) in [6, 6.07) is 7.45. The second-order valence-electron chi connectivity index (χ2n) is 6.94. The van der Waals surface area contributed by atoms with Crippen LogP contribution in [0.15, 0.2) is 30.3 Å². The van der Waals surface area contributed by atoms with Gasteiger partial charge in [-0.1, -0.05) is 12.1 Å². The topological polar surface area (TPSA) is 75.4 Å². The Labute approximate surface area is 162 Å². The highest BCUT2D eigenvalue weighted by Gasteiger charge is 2.23. The SMILES string of the molecule is Cc1nc2c(O)c(CCC(=O)c3ccccc3F)c(C(=O)N(C)C)cc2n1C. The first kappa shape index (κ1) is 19.5. The molecule has 3 rings (SSSR count). The van der Waals surface area contributed by atoms with Crippen LogP contribution in [0.4, 0.5) is 4.39 Å². The molecular weight excluding hydrogens is 361 g/mol. The van der Waals surface area contributed by atoms with Gasteiger partial charge in [0.15, 0.2) is 5.78 Å². The number of ketones is 1. The van der Waals surface area contributed by atoms with Crippen LogP contribution in [0.1, 0.15) is 38.5 Å². The van der Waals surface area contributed by atoms with E-state index >= 15 is 0 Å². The molecular formula is C21H22FN3O3. The predicted octanol–water partition coefficient (Wildman–Crippen LogP) is 3.24. The third-order valence-electron chi connectivity index (χ3n) is 4.89. The van der Waals surface area contributed by atoms with Crippen LogP contribution in [-0.2, 0) is 13.5 Å². The van der Waals surface area contributed by atoms with Gasteiger partial charge in [0.1, 0.15) is 22.9 Å². The molecule has 0 aliphatic rings. The molecule has 0 spiro atoms. The highest BCUT2D eigenvalue weighted by Crippen LogP contribution is 2.33. The number of phenols is 1. The highest BCUT2D eigenvalue weighted by atomic mass is 19.1. The van der Waals surface area contributed by atoms with E-state index in [4.69, 9.17) is 0 Å². The zero-order chi connectivity index (χ0) is 20.6. The fourth-order valence-corrected chi connectivity index (χ4v) is 3.21. The summed E-state index contributed by atoms with van der Waals surface area (Å²) in [6.45, 7) is 1.80. The van der Waals surface area contributed by atoms with Crippen LogP contribution in [-0.4, -0.2) is 45.3 Å². The number of phenolic OH excluding ortho intramolecular Hbond substituents is 1. The molecule has 0 saturated carbocycles. The number of carbonyl (C=O) groups excluding carboxylic acids is 2. The molecule has 0 bridgehead atoms. The van der Waals surface area contributed by atoms with Crippen LogP contribution < -0.4 is 0 Å². The Hall–Kier alpha value is -3.22. The first-order chi connectivity index (χ1) is 13.2. The molecule has 0 aliphatic heterocycles. The van der Waals surface area contributed by atoms with E-state index < -0.39 is 11.6 Å². The summed E-state index contributed by atoms with van der Waals surface area (Å²) in [4.78, 5) is 30.9. The van der Waals surface area contributed by atoms with Crippen molar-refractivity contribution in [3.05, 3.63) is 58.7 Å². The van der Waals surface area contributed by atoms with Gasteiger partial charge in [0, 0.05) is 38.7 Å². The van der Waals surface area contributed by atoms with Crippen LogP contribution in [0.2, 0.25) is 0 Å². The molecule has 2 aromatic carbocycles. The minimum Gasteiger partial charge on any atom is -0.505 e. The maximum atomic E-state index is 13.9. The minimum atomic E-state index is -0.586. The maximum Gasteiger partial charge on any atom is 0.253 e. The molecule has 28 heavy (non-hydrogen) atoms. The second kappa shape index (κ2) is 7.42. The summed E-state index contributed by atoms with van der Waals surface area (Å²) < 4.78 is 15.7. The number of nitrogens with zero attached hydrogens (tertiary/aromatic N) is 3. The monoisotopic (exact) mass is 383 g/mol. The van der Waals surface area contributed by atoms with Crippen molar-refractivity contribution in [2.24, 2.45) is 7.05 Å². The summed E-state index contributed by atoms with van der Waals surface area (Å²) in [5.74, 6) is -0.694. The third kappa shape index (κ3) is 3.35. The Kier molecular flexibility index (Phi) is 5.18. The zero-order valence-electron chi connectivity index (χ0n) is 16.3. The Balaban J connectivity index is 2.04. The Bertz CT molecular complexity index is 1090. The van der Waals surface area contributed by atoms with Gasteiger partial charge in [0.25, 0.3) is 5.91 Å². The number of aryl methyl sites for hydroxylation is 2. The molecule has 3 aromatic rings. The average molecular weight is 383 g/mol. The molecule has 1 aromatic heterocycles. The number of halogens is 1. The molecule has 7 heteroatoms. The average Bonchev–Trinajstić information content (AvgIpc) is 2.95. The maximum absolute atomic E-state index is 13.9. The lowest BCUT2D eigenvalue weighted by Crippen LogP contribution is -2.23. The summed E-state index contributed by atoms with van der Waals surface area (Å²) in [5, 5.41) is 10.8. The zero-order valence-corrected chi connectivity index (χ0v) is 16.3. The normalized spacial score (nSPS) is 11.0. The number of rotatable bonds is 5. The van der Waals surface area contributed by atoms with Gasteiger partial charge >= 0.3 is 0 Å². The summed E-state index contributed by atoms with van der Waals surface area (Å²) in [6.07, 6.45) is 0.0546. The number of imidazole rings is 1. The largest absolute Gasteiger partial charge is 0.505 e. The van der Waals surface area contributed by atoms with E-state index in [0.29, 0.717) is 28.0 Å². The first-order valence-corrected chi connectivity index (χ1v) is 8.89. The van der Waals surface area contributed by atoms with Crippen LogP contribution in [0.5, 0.6) is 5.75 Å². The van der Waals surface area contributed by atoms with E-state index in [0.717, 1.165) is 0 Å². The third-order valence-corrected chi connectivity index (χ3v) is 4.89. The van der Waals surface area contributed by atoms with Gasteiger partial charge in [-0.25, -0.2) is 9.37 Å². The Morgan fingerprint density at radius 3 is 2.54 bits per heavy atom.